The molecule has 0 unspecified atom stereocenters. The molecule has 686 valence electrons. The lowest BCUT2D eigenvalue weighted by molar-refractivity contribution is -0.129. The molecule has 0 heterocycles. The van der Waals surface area contributed by atoms with Gasteiger partial charge in [-0.25, -0.2) is 0 Å². The normalized spacial score (nSPS) is 12.4. The van der Waals surface area contributed by atoms with Crippen LogP contribution in [0.15, 0.2) is 0 Å². The van der Waals surface area contributed by atoms with Gasteiger partial charge < -0.3 is 157 Å². The molecule has 0 fully saturated rings. The van der Waals surface area contributed by atoms with Crippen molar-refractivity contribution in [2.75, 3.05) is 356 Å². The van der Waals surface area contributed by atoms with Gasteiger partial charge in [-0.1, -0.05) is 48.5 Å². The first-order chi connectivity index (χ1) is 56.4. The van der Waals surface area contributed by atoms with Crippen LogP contribution in [0.25, 0.3) is 0 Å². The smallest absolute Gasteiger partial charge is 0.239 e. The zero-order chi connectivity index (χ0) is 84.8. The number of carbonyl (C=O) groups excluding carboxylic acids is 6. The van der Waals surface area contributed by atoms with Crippen LogP contribution in [0, 0.1) is 16.7 Å². The molecule has 0 aromatic carbocycles. The lowest BCUT2D eigenvalue weighted by Crippen LogP contribution is -2.58. The topological polar surface area (TPSA) is 448 Å². The first-order valence-corrected chi connectivity index (χ1v) is 41.4. The van der Waals surface area contributed by atoms with E-state index in [9.17, 15) is 28.8 Å². The van der Waals surface area contributed by atoms with Crippen LogP contribution >= 0.6 is 0 Å². The van der Waals surface area contributed by atoms with Gasteiger partial charge in [-0.15, -0.1) is 0 Å². The lowest BCUT2D eigenvalue weighted by Gasteiger charge is -2.41. The fourth-order valence-electron chi connectivity index (χ4n) is 10.2. The van der Waals surface area contributed by atoms with Gasteiger partial charge in [-0.2, -0.15) is 0 Å². The van der Waals surface area contributed by atoms with Crippen molar-refractivity contribution in [3.63, 3.8) is 0 Å². The summed E-state index contributed by atoms with van der Waals surface area (Å²) in [6.45, 7) is 36.6. The molecule has 2 atom stereocenters. The Balaban J connectivity index is 3.44. The van der Waals surface area contributed by atoms with E-state index in [0.717, 1.165) is 26.1 Å². The second-order valence-electron chi connectivity index (χ2n) is 27.8. The van der Waals surface area contributed by atoms with Crippen LogP contribution in [-0.4, -0.2) is 404 Å². The molecule has 0 bridgehead atoms. The van der Waals surface area contributed by atoms with E-state index in [1.807, 2.05) is 0 Å². The summed E-state index contributed by atoms with van der Waals surface area (Å²) in [6.07, 6.45) is 2.92. The van der Waals surface area contributed by atoms with E-state index in [-0.39, 0.29) is 119 Å². The summed E-state index contributed by atoms with van der Waals surface area (Å²) in [5, 5.41) is 16.4. The monoisotopic (exact) mass is 1680 g/mol. The summed E-state index contributed by atoms with van der Waals surface area (Å²) in [5.74, 6) is -1.15. The minimum absolute atomic E-state index is 0.111. The number of amides is 6. The van der Waals surface area contributed by atoms with E-state index in [2.05, 4.69) is 80.4 Å². The van der Waals surface area contributed by atoms with E-state index < -0.39 is 23.9 Å². The third kappa shape index (κ3) is 82.1. The zero-order valence-corrected chi connectivity index (χ0v) is 71.6. The molecule has 0 aromatic heterocycles. The van der Waals surface area contributed by atoms with Gasteiger partial charge in [0.05, 0.1) is 304 Å². The standard InChI is InChI=1S/C78H154N8O30/c1-8-20-93-32-44-105-56-62-111-50-38-99-26-14-81-69(87)10-22-95-34-46-107-58-64-113-52-40-101-28-16-83-71(89)12-24-97-36-48-109-60-66-115-54-42-103-30-18-85-75(91)73(79)74(80)76(92)86-19-31-104-43-55-116-67-61-110-49-37-98-25-13-72(90)84-17-29-102-41-53-114-65-59-108-47-35-96-23-11-70(88)82-15-27-100-39-51-112-63-57-106-45-33-94-21-9-68(77(2,3)4)78(5,6)7/h68,73-74H,8-67,79-80H2,1-7H3,(H,81,87)(H,82,88)(H,83,89)(H,84,90)(H,85,91)(H,86,92)/t73-,74-/m1/s1. The van der Waals surface area contributed by atoms with Crippen molar-refractivity contribution in [1.29, 1.82) is 0 Å². The number of nitrogens with two attached hydrogens (primary N) is 2. The first kappa shape index (κ1) is 112. The van der Waals surface area contributed by atoms with E-state index in [0.29, 0.717) is 290 Å². The molecular formula is C78H154N8O30. The molecule has 0 aromatic rings. The molecule has 0 radical (unpaired) electrons. The third-order valence-electron chi connectivity index (χ3n) is 15.9. The second-order valence-corrected chi connectivity index (χ2v) is 27.8. The summed E-state index contributed by atoms with van der Waals surface area (Å²) in [4.78, 5) is 73.1. The molecule has 0 aliphatic heterocycles. The van der Waals surface area contributed by atoms with Gasteiger partial charge in [0.15, 0.2) is 0 Å². The first-order valence-electron chi connectivity index (χ1n) is 41.4. The molecule has 0 spiro atoms. The Morgan fingerprint density at radius 2 is 0.362 bits per heavy atom. The van der Waals surface area contributed by atoms with Crippen molar-refractivity contribution in [3.05, 3.63) is 0 Å². The van der Waals surface area contributed by atoms with Crippen molar-refractivity contribution in [3.8, 4) is 0 Å². The minimum atomic E-state index is -1.28. The molecule has 0 aliphatic rings. The summed E-state index contributed by atoms with van der Waals surface area (Å²) in [7, 11) is 0. The highest BCUT2D eigenvalue weighted by atomic mass is 16.6. The number of nitrogens with one attached hydrogen (secondary N) is 6. The molecule has 38 nitrogen and oxygen atoms in total. The third-order valence-corrected chi connectivity index (χ3v) is 15.9. The average Bonchev–Trinajstić information content (AvgIpc) is 0.834. The van der Waals surface area contributed by atoms with Crippen molar-refractivity contribution in [1.82, 2.24) is 31.9 Å². The highest BCUT2D eigenvalue weighted by Gasteiger charge is 2.34. The number of hydrogen-bond acceptors (Lipinski definition) is 32. The Bertz CT molecular complexity index is 2170. The summed E-state index contributed by atoms with van der Waals surface area (Å²) in [5.41, 5.74) is 12.3. The van der Waals surface area contributed by atoms with Gasteiger partial charge in [0.1, 0.15) is 12.1 Å². The second kappa shape index (κ2) is 85.7. The maximum Gasteiger partial charge on any atom is 0.239 e. The van der Waals surface area contributed by atoms with Crippen LogP contribution in [0.5, 0.6) is 0 Å². The molecule has 0 saturated carbocycles. The fraction of sp³-hybridized carbons (Fsp3) is 0.923. The number of carbonyl (C=O) groups is 6. The van der Waals surface area contributed by atoms with Crippen LogP contribution in [-0.2, 0) is 142 Å². The van der Waals surface area contributed by atoms with Crippen LogP contribution in [0.4, 0.5) is 0 Å². The van der Waals surface area contributed by atoms with Gasteiger partial charge in [0.25, 0.3) is 0 Å². The van der Waals surface area contributed by atoms with Crippen LogP contribution < -0.4 is 43.4 Å². The Labute approximate surface area is 691 Å². The van der Waals surface area contributed by atoms with E-state index in [1.54, 1.807) is 0 Å². The maximum absolute atomic E-state index is 12.5. The number of ether oxygens (including phenoxy) is 24. The van der Waals surface area contributed by atoms with E-state index in [4.69, 9.17) is 125 Å². The highest BCUT2D eigenvalue weighted by Crippen LogP contribution is 2.42. The quantitative estimate of drug-likeness (QED) is 0.0366. The van der Waals surface area contributed by atoms with E-state index >= 15 is 0 Å². The lowest BCUT2D eigenvalue weighted by atomic mass is 9.65. The van der Waals surface area contributed by atoms with Crippen LogP contribution in [0.2, 0.25) is 0 Å². The molecule has 10 N–H and O–H groups in total. The summed E-state index contributed by atoms with van der Waals surface area (Å²) >= 11 is 0. The molecule has 6 amide bonds. The van der Waals surface area contributed by atoms with E-state index in [1.165, 1.54) is 0 Å². The Morgan fingerprint density at radius 3 is 0.534 bits per heavy atom. The summed E-state index contributed by atoms with van der Waals surface area (Å²) in [6, 6.07) is -2.56. The molecule has 0 rings (SSSR count). The number of rotatable bonds is 92. The molecular weight excluding hydrogens is 1530 g/mol. The van der Waals surface area contributed by atoms with Gasteiger partial charge in [0, 0.05) is 78.2 Å². The Hall–Kier alpha value is -4.22. The molecule has 116 heavy (non-hydrogen) atoms. The van der Waals surface area contributed by atoms with Gasteiger partial charge in [-0.05, 0) is 29.6 Å². The minimum Gasteiger partial charge on any atom is -0.379 e. The summed E-state index contributed by atoms with van der Waals surface area (Å²) < 4.78 is 132. The van der Waals surface area contributed by atoms with Crippen molar-refractivity contribution in [2.45, 2.75) is 99.1 Å². The van der Waals surface area contributed by atoms with Crippen LogP contribution in [0.1, 0.15) is 87.0 Å². The molecule has 38 heteroatoms. The predicted octanol–water partition coefficient (Wildman–Crippen LogP) is -0.194. The SMILES string of the molecule is CCCOCCOCCOCCOCCNC(=O)CCOCCOCCOCCOCCNC(=O)CCOCCOCCOCCOCCNC(=O)[C@H](N)[C@@H](N)C(=O)NCCOCCOCCOCCOCCC(=O)NCCOCCOCCOCCOCCC(=O)NCCOCCOCCOCCOCCC(C(C)(C)C)C(C)(C)C. The maximum atomic E-state index is 12.5. The average molecular weight is 1680 g/mol. The van der Waals surface area contributed by atoms with Crippen molar-refractivity contribution < 1.29 is 142 Å². The van der Waals surface area contributed by atoms with Gasteiger partial charge in [-0.3, -0.25) is 28.8 Å². The van der Waals surface area contributed by atoms with Gasteiger partial charge in [0.2, 0.25) is 35.4 Å². The Morgan fingerprint density at radius 1 is 0.216 bits per heavy atom. The fourth-order valence-corrected chi connectivity index (χ4v) is 10.2. The van der Waals surface area contributed by atoms with Gasteiger partial charge >= 0.3 is 0 Å². The van der Waals surface area contributed by atoms with Crippen LogP contribution in [0.3, 0.4) is 0 Å². The van der Waals surface area contributed by atoms with Crippen molar-refractivity contribution in [2.24, 2.45) is 28.2 Å². The Kier molecular flexibility index (Phi) is 82.6. The molecule has 0 aliphatic carbocycles. The predicted molar refractivity (Wildman–Crippen MR) is 429 cm³/mol. The largest absolute Gasteiger partial charge is 0.379 e. The van der Waals surface area contributed by atoms with Crippen molar-refractivity contribution >= 4 is 35.4 Å². The number of hydrogen-bond donors (Lipinski definition) is 8. The zero-order valence-electron chi connectivity index (χ0n) is 71.6. The highest BCUT2D eigenvalue weighted by molar-refractivity contribution is 5.92. The molecule has 0 saturated heterocycles.